The van der Waals surface area contributed by atoms with Crippen molar-refractivity contribution in [3.05, 3.63) is 77.5 Å². The molecule has 0 unspecified atom stereocenters. The van der Waals surface area contributed by atoms with E-state index in [1.54, 1.807) is 39.3 Å². The Hall–Kier alpha value is -4.38. The quantitative estimate of drug-likeness (QED) is 0.262. The van der Waals surface area contributed by atoms with Gasteiger partial charge in [0.25, 0.3) is 0 Å². The number of aromatic amines is 1. The number of methoxy groups -OCH3 is 1. The number of rotatable bonds is 6. The first-order valence-corrected chi connectivity index (χ1v) is 11.3. The normalized spacial score (nSPS) is 11.8. The van der Waals surface area contributed by atoms with Crippen molar-refractivity contribution in [3.63, 3.8) is 0 Å². The average molecular weight is 509 g/mol. The van der Waals surface area contributed by atoms with Crippen LogP contribution >= 0.6 is 0 Å². The second kappa shape index (κ2) is 8.93. The number of benzene rings is 2. The Morgan fingerprint density at radius 1 is 1.00 bits per heavy atom. The summed E-state index contributed by atoms with van der Waals surface area (Å²) in [7, 11) is 1.54. The van der Waals surface area contributed by atoms with Crippen LogP contribution in [-0.4, -0.2) is 36.8 Å². The molecule has 0 aliphatic rings. The van der Waals surface area contributed by atoms with E-state index in [2.05, 4.69) is 25.4 Å². The van der Waals surface area contributed by atoms with Crippen LogP contribution in [0.2, 0.25) is 0 Å². The van der Waals surface area contributed by atoms with Gasteiger partial charge in [-0.1, -0.05) is 0 Å². The summed E-state index contributed by atoms with van der Waals surface area (Å²) >= 11 is 0. The molecule has 11 heteroatoms. The van der Waals surface area contributed by atoms with Gasteiger partial charge in [-0.25, -0.2) is 22.7 Å². The molecule has 0 saturated carbocycles. The van der Waals surface area contributed by atoms with Gasteiger partial charge in [0.05, 0.1) is 18.4 Å². The van der Waals surface area contributed by atoms with E-state index < -0.39 is 23.1 Å². The Morgan fingerprint density at radius 2 is 1.73 bits per heavy atom. The second-order valence-corrected chi connectivity index (χ2v) is 9.04. The van der Waals surface area contributed by atoms with Gasteiger partial charge in [-0.15, -0.1) is 5.10 Å². The van der Waals surface area contributed by atoms with Gasteiger partial charge >= 0.3 is 0 Å². The Morgan fingerprint density at radius 3 is 2.41 bits per heavy atom. The summed E-state index contributed by atoms with van der Waals surface area (Å²) in [6.45, 7) is 5.03. The van der Waals surface area contributed by atoms with Crippen LogP contribution < -0.4 is 10.1 Å². The highest BCUT2D eigenvalue weighted by Gasteiger charge is 2.25. The number of aliphatic hydroxyl groups is 1. The lowest BCUT2D eigenvalue weighted by Crippen LogP contribution is -2.20. The zero-order valence-corrected chi connectivity index (χ0v) is 20.4. The molecule has 0 aliphatic heterocycles. The molecule has 3 N–H and O–H groups in total. The van der Waals surface area contributed by atoms with Crippen molar-refractivity contribution < 1.29 is 23.0 Å². The SMILES string of the molecule is COc1cc(Nc2nc3c(-c4ccc(F)c(F)c4F)ccc(C(C)(C)O)n3n2)ccc1-c1ncc(C)[nH]1. The van der Waals surface area contributed by atoms with Crippen molar-refractivity contribution in [2.24, 2.45) is 0 Å². The molecule has 8 nitrogen and oxygen atoms in total. The van der Waals surface area contributed by atoms with E-state index in [0.717, 1.165) is 23.4 Å². The van der Waals surface area contributed by atoms with Crippen LogP contribution in [0.5, 0.6) is 5.75 Å². The third-order valence-electron chi connectivity index (χ3n) is 5.85. The van der Waals surface area contributed by atoms with E-state index >= 15 is 0 Å². The first-order chi connectivity index (χ1) is 17.6. The number of H-pyrrole nitrogens is 1. The van der Waals surface area contributed by atoms with E-state index in [1.807, 2.05) is 13.0 Å². The Labute approximate surface area is 209 Å². The predicted octanol–water partition coefficient (Wildman–Crippen LogP) is 5.49. The molecule has 0 amide bonds. The smallest absolute Gasteiger partial charge is 0.247 e. The highest BCUT2D eigenvalue weighted by Crippen LogP contribution is 2.34. The molecule has 37 heavy (non-hydrogen) atoms. The molecule has 0 atom stereocenters. The number of nitrogens with zero attached hydrogens (tertiary/aromatic N) is 4. The van der Waals surface area contributed by atoms with Gasteiger partial charge in [0, 0.05) is 34.8 Å². The molecular formula is C26H23F3N6O2. The molecule has 2 aromatic carbocycles. The summed E-state index contributed by atoms with van der Waals surface area (Å²) in [5.74, 6) is -2.89. The van der Waals surface area contributed by atoms with Crippen molar-refractivity contribution in [2.75, 3.05) is 12.4 Å². The highest BCUT2D eigenvalue weighted by atomic mass is 19.2. The van der Waals surface area contributed by atoms with Gasteiger partial charge in [-0.2, -0.15) is 4.98 Å². The number of fused-ring (bicyclic) bond motifs is 1. The van der Waals surface area contributed by atoms with Crippen molar-refractivity contribution in [2.45, 2.75) is 26.4 Å². The Kier molecular flexibility index (Phi) is 5.87. The number of hydrogen-bond acceptors (Lipinski definition) is 6. The van der Waals surface area contributed by atoms with E-state index in [9.17, 15) is 18.3 Å². The minimum absolute atomic E-state index is 0.129. The van der Waals surface area contributed by atoms with Gasteiger partial charge < -0.3 is 20.1 Å². The predicted molar refractivity (Wildman–Crippen MR) is 132 cm³/mol. The number of imidazole rings is 1. The van der Waals surface area contributed by atoms with Crippen LogP contribution in [0.3, 0.4) is 0 Å². The molecule has 0 saturated heterocycles. The zero-order chi connectivity index (χ0) is 26.5. The van der Waals surface area contributed by atoms with Crippen LogP contribution in [-0.2, 0) is 5.60 Å². The molecule has 0 fully saturated rings. The fraction of sp³-hybridized carbons (Fsp3) is 0.192. The van der Waals surface area contributed by atoms with Crippen molar-refractivity contribution in [1.29, 1.82) is 0 Å². The molecule has 5 aromatic rings. The summed E-state index contributed by atoms with van der Waals surface area (Å²) in [6.07, 6.45) is 1.72. The summed E-state index contributed by atoms with van der Waals surface area (Å²) in [6, 6.07) is 10.3. The standard InChI is InChI=1S/C26H23F3N6O2/c1-13-12-30-23(31-13)17-6-5-14(11-19(17)37-4)32-25-33-24-16(15-7-9-18(27)22(29)21(15)28)8-10-20(26(2,3)36)35(24)34-25/h5-12,36H,1-4H3,(H,30,31)(H,32,34). The van der Waals surface area contributed by atoms with E-state index in [-0.39, 0.29) is 22.7 Å². The maximum absolute atomic E-state index is 14.7. The van der Waals surface area contributed by atoms with Gasteiger partial charge in [-0.05, 0) is 57.2 Å². The van der Waals surface area contributed by atoms with Crippen LogP contribution in [0.15, 0.2) is 48.7 Å². The summed E-state index contributed by atoms with van der Waals surface area (Å²) in [5, 5.41) is 18.2. The van der Waals surface area contributed by atoms with Crippen molar-refractivity contribution in [3.8, 4) is 28.3 Å². The topological polar surface area (TPSA) is 100 Å². The Bertz CT molecular complexity index is 1640. The zero-order valence-electron chi connectivity index (χ0n) is 20.4. The van der Waals surface area contributed by atoms with E-state index in [0.29, 0.717) is 23.0 Å². The molecule has 0 aliphatic carbocycles. The number of anilines is 2. The molecule has 5 rings (SSSR count). The number of hydrogen-bond donors (Lipinski definition) is 3. The number of ether oxygens (including phenoxy) is 1. The third-order valence-corrected chi connectivity index (χ3v) is 5.85. The first kappa shape index (κ1) is 24.3. The third kappa shape index (κ3) is 4.38. The van der Waals surface area contributed by atoms with Gasteiger partial charge in [0.2, 0.25) is 5.95 Å². The molecule has 3 aromatic heterocycles. The van der Waals surface area contributed by atoms with Gasteiger partial charge in [0.1, 0.15) is 17.2 Å². The fourth-order valence-corrected chi connectivity index (χ4v) is 4.07. The Balaban J connectivity index is 1.60. The number of aryl methyl sites for hydroxylation is 1. The molecule has 0 radical (unpaired) electrons. The molecule has 0 bridgehead atoms. The number of pyridine rings is 1. The van der Waals surface area contributed by atoms with Gasteiger partial charge in [-0.3, -0.25) is 0 Å². The number of halogens is 3. The average Bonchev–Trinajstić information content (AvgIpc) is 3.47. The van der Waals surface area contributed by atoms with Crippen LogP contribution in [0.4, 0.5) is 24.8 Å². The van der Waals surface area contributed by atoms with Crippen LogP contribution in [0, 0.1) is 24.4 Å². The maximum atomic E-state index is 14.7. The molecule has 3 heterocycles. The number of aromatic nitrogens is 5. The largest absolute Gasteiger partial charge is 0.496 e. The fourth-order valence-electron chi connectivity index (χ4n) is 4.07. The molecule has 0 spiro atoms. The monoisotopic (exact) mass is 508 g/mol. The lowest BCUT2D eigenvalue weighted by Gasteiger charge is -2.19. The van der Waals surface area contributed by atoms with Crippen molar-refractivity contribution >= 4 is 17.3 Å². The van der Waals surface area contributed by atoms with Crippen molar-refractivity contribution in [1.82, 2.24) is 24.6 Å². The van der Waals surface area contributed by atoms with Crippen LogP contribution in [0.1, 0.15) is 25.2 Å². The van der Waals surface area contributed by atoms with Gasteiger partial charge in [0.15, 0.2) is 23.1 Å². The maximum Gasteiger partial charge on any atom is 0.247 e. The summed E-state index contributed by atoms with van der Waals surface area (Å²) in [4.78, 5) is 12.0. The molecular weight excluding hydrogens is 485 g/mol. The van der Waals surface area contributed by atoms with Crippen LogP contribution in [0.25, 0.3) is 28.2 Å². The number of nitrogens with one attached hydrogen (secondary N) is 2. The highest BCUT2D eigenvalue weighted by molar-refractivity contribution is 5.79. The summed E-state index contributed by atoms with van der Waals surface area (Å²) in [5.41, 5.74) is 1.40. The van der Waals surface area contributed by atoms with E-state index in [4.69, 9.17) is 4.74 Å². The summed E-state index contributed by atoms with van der Waals surface area (Å²) < 4.78 is 49.1. The van der Waals surface area contributed by atoms with E-state index in [1.165, 1.54) is 16.6 Å². The lowest BCUT2D eigenvalue weighted by molar-refractivity contribution is 0.0715. The lowest BCUT2D eigenvalue weighted by atomic mass is 10.0. The first-order valence-electron chi connectivity index (χ1n) is 11.3. The molecule has 190 valence electrons. The second-order valence-electron chi connectivity index (χ2n) is 9.04. The minimum Gasteiger partial charge on any atom is -0.496 e. The minimum atomic E-state index is -1.58.